The molecule has 3 amide bonds. The van der Waals surface area contributed by atoms with E-state index < -0.39 is 30.4 Å². The molecule has 1 saturated carbocycles. The van der Waals surface area contributed by atoms with Gasteiger partial charge in [0.15, 0.2) is 11.8 Å². The number of alkyl halides is 2. The zero-order valence-electron chi connectivity index (χ0n) is 19.0. The van der Waals surface area contributed by atoms with E-state index in [4.69, 9.17) is 10.5 Å². The summed E-state index contributed by atoms with van der Waals surface area (Å²) in [4.78, 5) is 40.5. The fraction of sp³-hybridized carbons (Fsp3) is 0.591. The van der Waals surface area contributed by atoms with E-state index in [1.54, 1.807) is 4.90 Å². The number of amides is 3. The first kappa shape index (κ1) is 24.8. The van der Waals surface area contributed by atoms with Crippen molar-refractivity contribution in [3.63, 3.8) is 0 Å². The lowest BCUT2D eigenvalue weighted by molar-refractivity contribution is -0.133. The number of ether oxygens (including phenoxy) is 2. The fourth-order valence-electron chi connectivity index (χ4n) is 3.82. The highest BCUT2D eigenvalue weighted by atomic mass is 19.3. The van der Waals surface area contributed by atoms with Crippen LogP contribution in [0.3, 0.4) is 0 Å². The lowest BCUT2D eigenvalue weighted by atomic mass is 9.94. The van der Waals surface area contributed by atoms with Crippen molar-refractivity contribution in [2.24, 2.45) is 11.1 Å². The molecular formula is C22H30F2N4O5. The molecule has 0 aromatic heterocycles. The first-order valence-corrected chi connectivity index (χ1v) is 10.8. The van der Waals surface area contributed by atoms with Crippen LogP contribution in [0.4, 0.5) is 20.2 Å². The summed E-state index contributed by atoms with van der Waals surface area (Å²) in [6.07, 6.45) is 1.73. The summed E-state index contributed by atoms with van der Waals surface area (Å²) in [6, 6.07) is 2.93. The Bertz CT molecular complexity index is 901. The lowest BCUT2D eigenvalue weighted by Crippen LogP contribution is -2.55. The van der Waals surface area contributed by atoms with Crippen molar-refractivity contribution in [2.75, 3.05) is 36.5 Å². The second kappa shape index (κ2) is 10.0. The van der Waals surface area contributed by atoms with Crippen molar-refractivity contribution in [3.05, 3.63) is 18.2 Å². The number of nitrogens with two attached hydrogens (primary N) is 1. The van der Waals surface area contributed by atoms with Gasteiger partial charge in [0.25, 0.3) is 11.8 Å². The average molecular weight is 469 g/mol. The number of hydrogen-bond acceptors (Lipinski definition) is 6. The van der Waals surface area contributed by atoms with E-state index in [0.29, 0.717) is 6.54 Å². The summed E-state index contributed by atoms with van der Waals surface area (Å²) < 4.78 is 35.8. The van der Waals surface area contributed by atoms with Gasteiger partial charge in [-0.2, -0.15) is 8.78 Å². The van der Waals surface area contributed by atoms with Crippen LogP contribution in [0.5, 0.6) is 5.75 Å². The smallest absolute Gasteiger partial charge is 0.387 e. The van der Waals surface area contributed by atoms with Crippen LogP contribution in [0.25, 0.3) is 0 Å². The SMILES string of the molecule is CC(C)(C)CN(C1CC1)C(C(N)=O)C(=O)Nc1ccc(N2CCOCC2=O)c(OC(F)F)c1. The van der Waals surface area contributed by atoms with Gasteiger partial charge in [-0.25, -0.2) is 0 Å². The van der Waals surface area contributed by atoms with Crippen LogP contribution in [0, 0.1) is 5.41 Å². The van der Waals surface area contributed by atoms with Gasteiger partial charge in [-0.05, 0) is 30.4 Å². The second-order valence-electron chi connectivity index (χ2n) is 9.42. The number of anilines is 2. The van der Waals surface area contributed by atoms with Crippen molar-refractivity contribution < 1.29 is 32.6 Å². The van der Waals surface area contributed by atoms with Crippen molar-refractivity contribution in [1.29, 1.82) is 0 Å². The monoisotopic (exact) mass is 468 g/mol. The normalized spacial score (nSPS) is 17.9. The number of hydrogen-bond donors (Lipinski definition) is 2. The van der Waals surface area contributed by atoms with Gasteiger partial charge in [-0.3, -0.25) is 19.3 Å². The van der Waals surface area contributed by atoms with Crippen LogP contribution in [0.2, 0.25) is 0 Å². The highest BCUT2D eigenvalue weighted by molar-refractivity contribution is 6.10. The molecule has 1 aromatic rings. The standard InChI is InChI=1S/C22H30F2N4O5/c1-22(2,3)12-28(14-5-6-14)18(19(25)30)20(31)26-13-4-7-15(16(10-13)33-21(23)24)27-8-9-32-11-17(27)29/h4,7,10,14,18,21H,5-6,8-9,11-12H2,1-3H3,(H2,25,30)(H,26,31). The molecule has 11 heteroatoms. The number of morpholine rings is 1. The predicted molar refractivity (Wildman–Crippen MR) is 117 cm³/mol. The number of rotatable bonds is 9. The minimum atomic E-state index is -3.14. The molecule has 33 heavy (non-hydrogen) atoms. The molecule has 3 rings (SSSR count). The number of carbonyl (C=O) groups excluding carboxylic acids is 3. The quantitative estimate of drug-likeness (QED) is 0.536. The Morgan fingerprint density at radius 3 is 2.58 bits per heavy atom. The van der Waals surface area contributed by atoms with Gasteiger partial charge in [0.2, 0.25) is 5.91 Å². The predicted octanol–water partition coefficient (Wildman–Crippen LogP) is 1.95. The molecule has 1 aliphatic carbocycles. The van der Waals surface area contributed by atoms with E-state index in [-0.39, 0.29) is 48.3 Å². The van der Waals surface area contributed by atoms with Gasteiger partial charge < -0.3 is 25.4 Å². The molecule has 0 spiro atoms. The molecule has 1 saturated heterocycles. The third kappa shape index (κ3) is 6.61. The van der Waals surface area contributed by atoms with E-state index in [0.717, 1.165) is 12.8 Å². The zero-order valence-corrected chi connectivity index (χ0v) is 19.0. The molecule has 1 heterocycles. The lowest BCUT2D eigenvalue weighted by Gasteiger charge is -2.34. The van der Waals surface area contributed by atoms with Crippen molar-refractivity contribution in [2.45, 2.75) is 52.3 Å². The summed E-state index contributed by atoms with van der Waals surface area (Å²) in [6.45, 7) is 3.60. The first-order valence-electron chi connectivity index (χ1n) is 10.8. The Morgan fingerprint density at radius 1 is 1.33 bits per heavy atom. The topological polar surface area (TPSA) is 114 Å². The third-order valence-corrected chi connectivity index (χ3v) is 5.24. The molecule has 9 nitrogen and oxygen atoms in total. The Morgan fingerprint density at radius 2 is 2.03 bits per heavy atom. The number of nitrogens with zero attached hydrogens (tertiary/aromatic N) is 2. The zero-order chi connectivity index (χ0) is 24.3. The van der Waals surface area contributed by atoms with Gasteiger partial charge in [-0.1, -0.05) is 20.8 Å². The molecule has 3 N–H and O–H groups in total. The van der Waals surface area contributed by atoms with Crippen LogP contribution in [0.15, 0.2) is 18.2 Å². The van der Waals surface area contributed by atoms with Gasteiger partial charge >= 0.3 is 6.61 Å². The number of halogens is 2. The Kier molecular flexibility index (Phi) is 7.53. The Labute approximate surface area is 191 Å². The van der Waals surface area contributed by atoms with Crippen molar-refractivity contribution >= 4 is 29.1 Å². The van der Waals surface area contributed by atoms with Crippen LogP contribution in [-0.2, 0) is 19.1 Å². The first-order chi connectivity index (χ1) is 15.5. The van der Waals surface area contributed by atoms with Crippen LogP contribution in [-0.4, -0.2) is 67.6 Å². The second-order valence-corrected chi connectivity index (χ2v) is 9.42. The van der Waals surface area contributed by atoms with E-state index in [1.807, 2.05) is 20.8 Å². The number of primary amides is 1. The largest absolute Gasteiger partial charge is 0.433 e. The fourth-order valence-corrected chi connectivity index (χ4v) is 3.82. The number of carbonyl (C=O) groups is 3. The molecule has 182 valence electrons. The van der Waals surface area contributed by atoms with Gasteiger partial charge in [0, 0.05) is 30.9 Å². The maximum Gasteiger partial charge on any atom is 0.387 e. The molecule has 0 radical (unpaired) electrons. The van der Waals surface area contributed by atoms with Crippen molar-refractivity contribution in [1.82, 2.24) is 4.90 Å². The van der Waals surface area contributed by atoms with Gasteiger partial charge in [0.05, 0.1) is 12.3 Å². The molecule has 1 atom stereocenters. The maximum atomic E-state index is 13.1. The molecule has 2 aliphatic rings. The highest BCUT2D eigenvalue weighted by Crippen LogP contribution is 2.35. The molecular weight excluding hydrogens is 438 g/mol. The summed E-state index contributed by atoms with van der Waals surface area (Å²) in [5.74, 6) is -2.12. The molecule has 2 fully saturated rings. The molecule has 1 aromatic carbocycles. The van der Waals surface area contributed by atoms with E-state index in [1.165, 1.54) is 23.1 Å². The van der Waals surface area contributed by atoms with Crippen LogP contribution >= 0.6 is 0 Å². The average Bonchev–Trinajstić information content (AvgIpc) is 3.52. The maximum absolute atomic E-state index is 13.1. The Hall–Kier alpha value is -2.79. The van der Waals surface area contributed by atoms with Gasteiger partial charge in [0.1, 0.15) is 6.61 Å². The summed E-state index contributed by atoms with van der Waals surface area (Å²) >= 11 is 0. The summed E-state index contributed by atoms with van der Waals surface area (Å²) in [5.41, 5.74) is 5.68. The summed E-state index contributed by atoms with van der Waals surface area (Å²) in [7, 11) is 0. The van der Waals surface area contributed by atoms with E-state index >= 15 is 0 Å². The van der Waals surface area contributed by atoms with E-state index in [9.17, 15) is 23.2 Å². The van der Waals surface area contributed by atoms with Gasteiger partial charge in [-0.15, -0.1) is 0 Å². The minimum Gasteiger partial charge on any atom is -0.433 e. The minimum absolute atomic E-state index is 0.0833. The van der Waals surface area contributed by atoms with Crippen LogP contribution in [0.1, 0.15) is 33.6 Å². The number of benzene rings is 1. The van der Waals surface area contributed by atoms with Crippen LogP contribution < -0.4 is 20.7 Å². The van der Waals surface area contributed by atoms with E-state index in [2.05, 4.69) is 10.1 Å². The Balaban J connectivity index is 1.85. The summed E-state index contributed by atoms with van der Waals surface area (Å²) in [5, 5.41) is 2.59. The molecule has 1 unspecified atom stereocenters. The van der Waals surface area contributed by atoms with Crippen molar-refractivity contribution in [3.8, 4) is 5.75 Å². The molecule has 0 bridgehead atoms. The number of nitrogens with one attached hydrogen (secondary N) is 1. The highest BCUT2D eigenvalue weighted by Gasteiger charge is 2.42. The molecule has 1 aliphatic heterocycles. The third-order valence-electron chi connectivity index (χ3n) is 5.24.